The number of hydrogen-bond donors (Lipinski definition) is 1. The van der Waals surface area contributed by atoms with Crippen LogP contribution < -0.4 is 0 Å². The Morgan fingerprint density at radius 1 is 1.47 bits per heavy atom. The van der Waals surface area contributed by atoms with Crippen LogP contribution in [0.3, 0.4) is 0 Å². The number of aliphatic carboxylic acids is 1. The highest BCUT2D eigenvalue weighted by molar-refractivity contribution is 5.79. The highest BCUT2D eigenvalue weighted by Gasteiger charge is 2.55. The Hall–Kier alpha value is -1.38. The fourth-order valence-corrected chi connectivity index (χ4v) is 2.88. The van der Waals surface area contributed by atoms with E-state index in [0.29, 0.717) is 0 Å². The van der Waals surface area contributed by atoms with Gasteiger partial charge in [0, 0.05) is 12.4 Å². The van der Waals surface area contributed by atoms with Crippen molar-refractivity contribution in [2.24, 2.45) is 5.41 Å². The quantitative estimate of drug-likeness (QED) is 0.759. The second-order valence-corrected chi connectivity index (χ2v) is 4.71. The largest absolute Gasteiger partial charge is 0.481 e. The van der Waals surface area contributed by atoms with Crippen LogP contribution in [0.5, 0.6) is 0 Å². The van der Waals surface area contributed by atoms with Gasteiger partial charge in [-0.2, -0.15) is 0 Å². The molecule has 0 aliphatic heterocycles. The summed E-state index contributed by atoms with van der Waals surface area (Å²) in [6.45, 7) is 0. The number of carboxylic acid groups (broad SMARTS) is 1. The van der Waals surface area contributed by atoms with Crippen LogP contribution >= 0.6 is 0 Å². The van der Waals surface area contributed by atoms with Crippen molar-refractivity contribution in [3.8, 4) is 0 Å². The summed E-state index contributed by atoms with van der Waals surface area (Å²) in [5.41, 5.74) is 2.20. The van der Waals surface area contributed by atoms with E-state index in [1.54, 1.807) is 12.4 Å². The molecule has 0 amide bonds. The van der Waals surface area contributed by atoms with Gasteiger partial charge in [0.15, 0.2) is 0 Å². The maximum atomic E-state index is 11.3. The van der Waals surface area contributed by atoms with Gasteiger partial charge in [-0.3, -0.25) is 9.78 Å². The normalized spacial score (nSPS) is 26.0. The van der Waals surface area contributed by atoms with Crippen LogP contribution in [0.25, 0.3) is 0 Å². The summed E-state index contributed by atoms with van der Waals surface area (Å²) >= 11 is 0. The Bertz CT molecular complexity index is 423. The number of hydrogen-bond acceptors (Lipinski definition) is 2. The van der Waals surface area contributed by atoms with Gasteiger partial charge in [-0.1, -0.05) is 0 Å². The molecule has 2 aliphatic carbocycles. The molecule has 1 aromatic heterocycles. The SMILES string of the molecule is O=C(O)C1c2cnccc2CCC12CC2. The first-order valence-electron chi connectivity index (χ1n) is 5.39. The molecule has 2 aliphatic rings. The number of nitrogens with zero attached hydrogens (tertiary/aromatic N) is 1. The third-order valence-corrected chi connectivity index (χ3v) is 3.90. The zero-order chi connectivity index (χ0) is 10.5. The smallest absolute Gasteiger partial charge is 0.311 e. The fraction of sp³-hybridized carbons (Fsp3) is 0.500. The number of aryl methyl sites for hydroxylation is 1. The van der Waals surface area contributed by atoms with Crippen LogP contribution in [0.2, 0.25) is 0 Å². The molecule has 78 valence electrons. The number of aromatic nitrogens is 1. The van der Waals surface area contributed by atoms with Crippen molar-refractivity contribution in [3.63, 3.8) is 0 Å². The lowest BCUT2D eigenvalue weighted by atomic mass is 9.73. The van der Waals surface area contributed by atoms with E-state index in [0.717, 1.165) is 31.2 Å². The molecule has 3 nitrogen and oxygen atoms in total. The summed E-state index contributed by atoms with van der Waals surface area (Å²) in [5.74, 6) is -0.989. The Labute approximate surface area is 88.1 Å². The molecule has 1 atom stereocenters. The van der Waals surface area contributed by atoms with E-state index in [2.05, 4.69) is 4.98 Å². The third-order valence-electron chi connectivity index (χ3n) is 3.90. The summed E-state index contributed by atoms with van der Waals surface area (Å²) in [6.07, 6.45) is 7.68. The van der Waals surface area contributed by atoms with E-state index in [-0.39, 0.29) is 11.3 Å². The molecular weight excluding hydrogens is 190 g/mol. The number of carboxylic acids is 1. The predicted octanol–water partition coefficient (Wildman–Crippen LogP) is 1.98. The molecule has 1 saturated carbocycles. The van der Waals surface area contributed by atoms with Crippen molar-refractivity contribution in [3.05, 3.63) is 29.6 Å². The second kappa shape index (κ2) is 2.81. The predicted molar refractivity (Wildman–Crippen MR) is 54.6 cm³/mol. The molecule has 1 fully saturated rings. The van der Waals surface area contributed by atoms with E-state index >= 15 is 0 Å². The van der Waals surface area contributed by atoms with E-state index in [1.165, 1.54) is 5.56 Å². The van der Waals surface area contributed by atoms with E-state index in [9.17, 15) is 9.90 Å². The molecule has 0 radical (unpaired) electrons. The van der Waals surface area contributed by atoms with Crippen molar-refractivity contribution in [1.29, 1.82) is 0 Å². The van der Waals surface area contributed by atoms with Gasteiger partial charge in [0.2, 0.25) is 0 Å². The zero-order valence-electron chi connectivity index (χ0n) is 8.44. The second-order valence-electron chi connectivity index (χ2n) is 4.71. The Morgan fingerprint density at radius 3 is 2.93 bits per heavy atom. The molecule has 0 bridgehead atoms. The van der Waals surface area contributed by atoms with Crippen molar-refractivity contribution in [2.75, 3.05) is 0 Å². The molecular formula is C12H13NO2. The van der Waals surface area contributed by atoms with Crippen LogP contribution in [0.4, 0.5) is 0 Å². The van der Waals surface area contributed by atoms with Crippen molar-refractivity contribution < 1.29 is 9.90 Å². The molecule has 3 rings (SSSR count). The first-order valence-corrected chi connectivity index (χ1v) is 5.39. The van der Waals surface area contributed by atoms with E-state index in [1.807, 2.05) is 6.07 Å². The van der Waals surface area contributed by atoms with Crippen LogP contribution in [0, 0.1) is 5.41 Å². The standard InChI is InChI=1S/C12H13NO2/c14-11(15)10-9-7-13-6-2-8(9)1-3-12(10)4-5-12/h2,6-7,10H,1,3-5H2,(H,14,15). The third kappa shape index (κ3) is 1.19. The zero-order valence-corrected chi connectivity index (χ0v) is 8.44. The average Bonchev–Trinajstić information content (AvgIpc) is 2.98. The van der Waals surface area contributed by atoms with Crippen molar-refractivity contribution >= 4 is 5.97 Å². The van der Waals surface area contributed by atoms with Crippen molar-refractivity contribution in [2.45, 2.75) is 31.6 Å². The van der Waals surface area contributed by atoms with Crippen LogP contribution in [0.15, 0.2) is 18.5 Å². The first-order chi connectivity index (χ1) is 7.23. The summed E-state index contributed by atoms with van der Waals surface area (Å²) in [4.78, 5) is 15.4. The Kier molecular flexibility index (Phi) is 1.67. The van der Waals surface area contributed by atoms with E-state index < -0.39 is 5.97 Å². The van der Waals surface area contributed by atoms with Gasteiger partial charge in [0.25, 0.3) is 0 Å². The Balaban J connectivity index is 2.12. The highest BCUT2D eigenvalue weighted by atomic mass is 16.4. The Morgan fingerprint density at radius 2 is 2.27 bits per heavy atom. The molecule has 0 aromatic carbocycles. The van der Waals surface area contributed by atoms with Crippen LogP contribution in [-0.4, -0.2) is 16.1 Å². The van der Waals surface area contributed by atoms with Gasteiger partial charge >= 0.3 is 5.97 Å². The summed E-state index contributed by atoms with van der Waals surface area (Å²) in [5, 5.41) is 9.33. The molecule has 15 heavy (non-hydrogen) atoms. The summed E-state index contributed by atoms with van der Waals surface area (Å²) < 4.78 is 0. The maximum Gasteiger partial charge on any atom is 0.311 e. The summed E-state index contributed by atoms with van der Waals surface area (Å²) in [6, 6.07) is 1.96. The van der Waals surface area contributed by atoms with Gasteiger partial charge in [0.05, 0.1) is 5.92 Å². The minimum absolute atomic E-state index is 0.0713. The van der Waals surface area contributed by atoms with Gasteiger partial charge in [0.1, 0.15) is 0 Å². The number of pyridine rings is 1. The van der Waals surface area contributed by atoms with Crippen LogP contribution in [-0.2, 0) is 11.2 Å². The molecule has 1 heterocycles. The lowest BCUT2D eigenvalue weighted by Gasteiger charge is -2.30. The lowest BCUT2D eigenvalue weighted by molar-refractivity contribution is -0.141. The summed E-state index contributed by atoms with van der Waals surface area (Å²) in [7, 11) is 0. The molecule has 1 aromatic rings. The van der Waals surface area contributed by atoms with Gasteiger partial charge in [-0.15, -0.1) is 0 Å². The van der Waals surface area contributed by atoms with Crippen LogP contribution in [0.1, 0.15) is 36.3 Å². The topological polar surface area (TPSA) is 50.2 Å². The van der Waals surface area contributed by atoms with Gasteiger partial charge in [-0.05, 0) is 48.3 Å². The molecule has 1 unspecified atom stereocenters. The number of fused-ring (bicyclic) bond motifs is 1. The minimum atomic E-state index is -0.679. The molecule has 1 spiro atoms. The number of rotatable bonds is 1. The number of carbonyl (C=O) groups is 1. The average molecular weight is 203 g/mol. The molecule has 0 saturated heterocycles. The minimum Gasteiger partial charge on any atom is -0.481 e. The highest BCUT2D eigenvalue weighted by Crippen LogP contribution is 2.61. The maximum absolute atomic E-state index is 11.3. The fourth-order valence-electron chi connectivity index (χ4n) is 2.88. The van der Waals surface area contributed by atoms with E-state index in [4.69, 9.17) is 0 Å². The molecule has 1 N–H and O–H groups in total. The van der Waals surface area contributed by atoms with Crippen molar-refractivity contribution in [1.82, 2.24) is 4.98 Å². The lowest BCUT2D eigenvalue weighted by Crippen LogP contribution is -2.28. The molecule has 3 heteroatoms. The first kappa shape index (κ1) is 8.89. The monoisotopic (exact) mass is 203 g/mol. The van der Waals surface area contributed by atoms with Gasteiger partial charge < -0.3 is 5.11 Å². The van der Waals surface area contributed by atoms with Gasteiger partial charge in [-0.25, -0.2) is 0 Å².